The van der Waals surface area contributed by atoms with Crippen molar-refractivity contribution in [2.24, 2.45) is 0 Å². The van der Waals surface area contributed by atoms with Gasteiger partial charge in [-0.3, -0.25) is 9.69 Å². The van der Waals surface area contributed by atoms with Crippen LogP contribution in [0.2, 0.25) is 0 Å². The molecule has 110 valence electrons. The van der Waals surface area contributed by atoms with Crippen molar-refractivity contribution in [2.75, 3.05) is 13.1 Å². The van der Waals surface area contributed by atoms with Crippen LogP contribution in [0.4, 0.5) is 8.78 Å². The molecular weight excluding hydrogens is 278 g/mol. The van der Waals surface area contributed by atoms with E-state index in [0.29, 0.717) is 13.1 Å². The van der Waals surface area contributed by atoms with Crippen molar-refractivity contribution in [1.82, 2.24) is 19.7 Å². The van der Waals surface area contributed by atoms with Gasteiger partial charge in [-0.1, -0.05) is 6.07 Å². The van der Waals surface area contributed by atoms with Gasteiger partial charge in [-0.15, -0.1) is 10.2 Å². The molecule has 0 spiro atoms. The minimum absolute atomic E-state index is 0.147. The summed E-state index contributed by atoms with van der Waals surface area (Å²) in [5.41, 5.74) is -0.185. The lowest BCUT2D eigenvalue weighted by Crippen LogP contribution is -2.35. The van der Waals surface area contributed by atoms with E-state index in [1.54, 1.807) is 6.33 Å². The average molecular weight is 292 g/mol. The molecule has 1 aliphatic heterocycles. The van der Waals surface area contributed by atoms with Gasteiger partial charge in [-0.05, 0) is 12.1 Å². The Labute approximate surface area is 120 Å². The van der Waals surface area contributed by atoms with Gasteiger partial charge in [0, 0.05) is 26.1 Å². The van der Waals surface area contributed by atoms with Gasteiger partial charge in [-0.2, -0.15) is 0 Å². The number of halogens is 2. The number of rotatable bonds is 4. The summed E-state index contributed by atoms with van der Waals surface area (Å²) in [7, 11) is 0. The van der Waals surface area contributed by atoms with E-state index in [1.165, 1.54) is 12.1 Å². The summed E-state index contributed by atoms with van der Waals surface area (Å²) < 4.78 is 28.6. The minimum atomic E-state index is -1.07. The molecule has 21 heavy (non-hydrogen) atoms. The molecule has 0 atom stereocenters. The molecule has 2 aromatic rings. The van der Waals surface area contributed by atoms with Crippen LogP contribution in [0.1, 0.15) is 22.6 Å². The van der Waals surface area contributed by atoms with Crippen molar-refractivity contribution in [3.05, 3.63) is 47.5 Å². The number of aromatic nitrogens is 3. The number of hydrogen-bond acceptors (Lipinski definition) is 4. The zero-order chi connectivity index (χ0) is 14.8. The van der Waals surface area contributed by atoms with Crippen LogP contribution in [-0.2, 0) is 13.1 Å². The topological polar surface area (TPSA) is 51.0 Å². The van der Waals surface area contributed by atoms with Crippen molar-refractivity contribution in [1.29, 1.82) is 0 Å². The Kier molecular flexibility index (Phi) is 3.74. The number of fused-ring (bicyclic) bond motifs is 1. The smallest absolute Gasteiger partial charge is 0.169 e. The fourth-order valence-electron chi connectivity index (χ4n) is 2.42. The van der Waals surface area contributed by atoms with E-state index in [0.717, 1.165) is 25.0 Å². The zero-order valence-electron chi connectivity index (χ0n) is 11.3. The molecule has 0 unspecified atom stereocenters. The quantitative estimate of drug-likeness (QED) is 0.804. The molecule has 0 saturated carbocycles. The molecule has 0 fully saturated rings. The summed E-state index contributed by atoms with van der Waals surface area (Å²) in [6.07, 6.45) is 1.83. The summed E-state index contributed by atoms with van der Waals surface area (Å²) in [5, 5.41) is 7.83. The molecule has 0 bridgehead atoms. The second-order valence-corrected chi connectivity index (χ2v) is 4.99. The maximum Gasteiger partial charge on any atom is 0.169 e. The highest BCUT2D eigenvalue weighted by atomic mass is 19.2. The number of Topliss-reactive ketones (excluding diaryl/α,β-unsaturated/α-hetero) is 1. The van der Waals surface area contributed by atoms with Crippen LogP contribution in [0.15, 0.2) is 24.5 Å². The van der Waals surface area contributed by atoms with Gasteiger partial charge in [-0.25, -0.2) is 8.78 Å². The summed E-state index contributed by atoms with van der Waals surface area (Å²) in [6, 6.07) is 3.66. The lowest BCUT2D eigenvalue weighted by atomic mass is 10.1. The van der Waals surface area contributed by atoms with E-state index in [9.17, 15) is 13.6 Å². The van der Waals surface area contributed by atoms with Gasteiger partial charge in [0.15, 0.2) is 17.4 Å². The largest absolute Gasteiger partial charge is 0.315 e. The lowest BCUT2D eigenvalue weighted by Gasteiger charge is -2.26. The van der Waals surface area contributed by atoms with Crippen molar-refractivity contribution in [3.8, 4) is 0 Å². The molecule has 0 amide bonds. The van der Waals surface area contributed by atoms with Crippen molar-refractivity contribution in [2.45, 2.75) is 19.5 Å². The van der Waals surface area contributed by atoms with Gasteiger partial charge in [0.1, 0.15) is 12.2 Å². The molecule has 0 saturated heterocycles. The van der Waals surface area contributed by atoms with E-state index in [-0.39, 0.29) is 17.8 Å². The van der Waals surface area contributed by atoms with E-state index in [1.807, 2.05) is 4.57 Å². The first kappa shape index (κ1) is 13.8. The fourth-order valence-corrected chi connectivity index (χ4v) is 2.42. The SMILES string of the molecule is O=C(CCN1CCn2cnnc2C1)c1cccc(F)c1F. The Morgan fingerprint density at radius 2 is 2.14 bits per heavy atom. The highest BCUT2D eigenvalue weighted by molar-refractivity contribution is 5.96. The predicted molar refractivity (Wildman–Crippen MR) is 70.6 cm³/mol. The highest BCUT2D eigenvalue weighted by Crippen LogP contribution is 2.15. The Morgan fingerprint density at radius 1 is 1.29 bits per heavy atom. The Hall–Kier alpha value is -2.15. The molecule has 0 aliphatic carbocycles. The van der Waals surface area contributed by atoms with Crippen LogP contribution < -0.4 is 0 Å². The molecule has 7 heteroatoms. The van der Waals surface area contributed by atoms with Crippen molar-refractivity contribution in [3.63, 3.8) is 0 Å². The number of hydrogen-bond donors (Lipinski definition) is 0. The first-order chi connectivity index (χ1) is 10.1. The maximum absolute atomic E-state index is 13.5. The van der Waals surface area contributed by atoms with Gasteiger partial charge in [0.05, 0.1) is 12.1 Å². The van der Waals surface area contributed by atoms with E-state index < -0.39 is 11.6 Å². The molecule has 3 rings (SSSR count). The second kappa shape index (κ2) is 5.69. The number of ketones is 1. The monoisotopic (exact) mass is 292 g/mol. The van der Waals surface area contributed by atoms with Crippen molar-refractivity contribution < 1.29 is 13.6 Å². The van der Waals surface area contributed by atoms with Crippen LogP contribution in [0, 0.1) is 11.6 Å². The molecule has 5 nitrogen and oxygen atoms in total. The molecule has 0 N–H and O–H groups in total. The number of benzene rings is 1. The van der Waals surface area contributed by atoms with Gasteiger partial charge >= 0.3 is 0 Å². The summed E-state index contributed by atoms with van der Waals surface area (Å²) in [5.74, 6) is -1.60. The van der Waals surface area contributed by atoms with E-state index >= 15 is 0 Å². The number of carbonyl (C=O) groups excluding carboxylic acids is 1. The number of carbonyl (C=O) groups is 1. The highest BCUT2D eigenvalue weighted by Gasteiger charge is 2.20. The Bertz CT molecular complexity index is 671. The van der Waals surface area contributed by atoms with Gasteiger partial charge in [0.2, 0.25) is 0 Å². The second-order valence-electron chi connectivity index (χ2n) is 4.99. The zero-order valence-corrected chi connectivity index (χ0v) is 11.3. The number of nitrogens with zero attached hydrogens (tertiary/aromatic N) is 4. The van der Waals surface area contributed by atoms with Crippen LogP contribution in [0.3, 0.4) is 0 Å². The standard InChI is InChI=1S/C14H14F2N4O/c15-11-3-1-2-10(14(11)16)12(21)4-5-19-6-7-20-9-17-18-13(20)8-19/h1-3,9H,4-8H2. The molecule has 0 radical (unpaired) electrons. The third-order valence-electron chi connectivity index (χ3n) is 3.62. The molecule has 1 aromatic carbocycles. The summed E-state index contributed by atoms with van der Waals surface area (Å²) in [6.45, 7) is 2.65. The van der Waals surface area contributed by atoms with E-state index in [4.69, 9.17) is 0 Å². The van der Waals surface area contributed by atoms with Gasteiger partial charge < -0.3 is 4.57 Å². The van der Waals surface area contributed by atoms with Crippen LogP contribution in [0.5, 0.6) is 0 Å². The molecule has 1 aromatic heterocycles. The first-order valence-electron chi connectivity index (χ1n) is 6.71. The first-order valence-corrected chi connectivity index (χ1v) is 6.71. The fraction of sp³-hybridized carbons (Fsp3) is 0.357. The molecular formula is C14H14F2N4O. The average Bonchev–Trinajstić information content (AvgIpc) is 2.95. The van der Waals surface area contributed by atoms with Crippen LogP contribution in [-0.4, -0.2) is 38.5 Å². The van der Waals surface area contributed by atoms with Crippen LogP contribution >= 0.6 is 0 Å². The molecule has 2 heterocycles. The Balaban J connectivity index is 1.61. The Morgan fingerprint density at radius 3 is 3.00 bits per heavy atom. The van der Waals surface area contributed by atoms with Crippen molar-refractivity contribution >= 4 is 5.78 Å². The maximum atomic E-state index is 13.5. The predicted octanol–water partition coefficient (Wildman–Crippen LogP) is 1.64. The lowest BCUT2D eigenvalue weighted by molar-refractivity contribution is 0.0950. The van der Waals surface area contributed by atoms with Crippen LogP contribution in [0.25, 0.3) is 0 Å². The summed E-state index contributed by atoms with van der Waals surface area (Å²) >= 11 is 0. The normalized spacial score (nSPS) is 15.0. The minimum Gasteiger partial charge on any atom is -0.315 e. The van der Waals surface area contributed by atoms with E-state index in [2.05, 4.69) is 15.1 Å². The molecule has 1 aliphatic rings. The van der Waals surface area contributed by atoms with Gasteiger partial charge in [0.25, 0.3) is 0 Å². The third-order valence-corrected chi connectivity index (χ3v) is 3.62. The third kappa shape index (κ3) is 2.82. The summed E-state index contributed by atoms with van der Waals surface area (Å²) in [4.78, 5) is 14.0.